The standard InChI is InChI=1S/C16H13F3N2O2S/c17-16(18,19)23-13-8-6-12(7-9-13)21-14(22)15(24)20-10-11-4-2-1-3-5-11/h1-9H,10H2,(H,20,24)(H,21,22). The second kappa shape index (κ2) is 7.78. The van der Waals surface area contributed by atoms with Crippen molar-refractivity contribution in [1.29, 1.82) is 0 Å². The van der Waals surface area contributed by atoms with E-state index in [4.69, 9.17) is 12.2 Å². The molecule has 0 aliphatic carbocycles. The molecule has 126 valence electrons. The molecule has 0 unspecified atom stereocenters. The van der Waals surface area contributed by atoms with Gasteiger partial charge in [-0.25, -0.2) is 0 Å². The van der Waals surface area contributed by atoms with Gasteiger partial charge in [-0.15, -0.1) is 13.2 Å². The van der Waals surface area contributed by atoms with Crippen LogP contribution in [0.25, 0.3) is 0 Å². The molecule has 0 bridgehead atoms. The minimum absolute atomic E-state index is 0.0190. The minimum Gasteiger partial charge on any atom is -0.406 e. The van der Waals surface area contributed by atoms with Crippen molar-refractivity contribution in [1.82, 2.24) is 5.32 Å². The number of ether oxygens (including phenoxy) is 1. The molecular formula is C16H13F3N2O2S. The summed E-state index contributed by atoms with van der Waals surface area (Å²) in [5.41, 5.74) is 1.26. The molecule has 1 amide bonds. The number of rotatable bonds is 4. The monoisotopic (exact) mass is 354 g/mol. The minimum atomic E-state index is -4.76. The fraction of sp³-hybridized carbons (Fsp3) is 0.125. The average Bonchev–Trinajstić information content (AvgIpc) is 2.54. The molecule has 24 heavy (non-hydrogen) atoms. The van der Waals surface area contributed by atoms with E-state index in [0.717, 1.165) is 17.7 Å². The summed E-state index contributed by atoms with van der Waals surface area (Å²) in [6.07, 6.45) is -4.76. The molecule has 2 rings (SSSR count). The van der Waals surface area contributed by atoms with Crippen molar-refractivity contribution in [2.75, 3.05) is 5.32 Å². The Balaban J connectivity index is 1.86. The number of anilines is 1. The second-order valence-corrected chi connectivity index (χ2v) is 5.10. The summed E-state index contributed by atoms with van der Waals surface area (Å²) in [7, 11) is 0. The van der Waals surface area contributed by atoms with Gasteiger partial charge in [0.05, 0.1) is 0 Å². The Morgan fingerprint density at radius 1 is 1.04 bits per heavy atom. The number of nitrogens with one attached hydrogen (secondary N) is 2. The first-order valence-corrected chi connectivity index (χ1v) is 7.23. The van der Waals surface area contributed by atoms with E-state index in [1.807, 2.05) is 30.3 Å². The van der Waals surface area contributed by atoms with E-state index in [1.54, 1.807) is 0 Å². The Morgan fingerprint density at radius 3 is 2.25 bits per heavy atom. The van der Waals surface area contributed by atoms with Crippen LogP contribution in [0, 0.1) is 0 Å². The highest BCUT2D eigenvalue weighted by Crippen LogP contribution is 2.23. The van der Waals surface area contributed by atoms with E-state index in [1.165, 1.54) is 12.1 Å². The number of carbonyl (C=O) groups excluding carboxylic acids is 1. The zero-order chi connectivity index (χ0) is 17.6. The number of alkyl halides is 3. The fourth-order valence-electron chi connectivity index (χ4n) is 1.79. The first kappa shape index (κ1) is 17.7. The summed E-state index contributed by atoms with van der Waals surface area (Å²) < 4.78 is 39.9. The van der Waals surface area contributed by atoms with E-state index < -0.39 is 12.3 Å². The van der Waals surface area contributed by atoms with Gasteiger partial charge in [-0.05, 0) is 29.8 Å². The first-order valence-electron chi connectivity index (χ1n) is 6.82. The van der Waals surface area contributed by atoms with E-state index in [0.29, 0.717) is 12.2 Å². The third kappa shape index (κ3) is 5.88. The van der Waals surface area contributed by atoms with Gasteiger partial charge in [0.25, 0.3) is 5.91 Å². The third-order valence-electron chi connectivity index (χ3n) is 2.85. The Labute approximate surface area is 141 Å². The van der Waals surface area contributed by atoms with Crippen molar-refractivity contribution in [2.45, 2.75) is 12.9 Å². The van der Waals surface area contributed by atoms with Gasteiger partial charge in [-0.3, -0.25) is 4.79 Å². The molecule has 4 nitrogen and oxygen atoms in total. The molecule has 8 heteroatoms. The molecule has 0 saturated carbocycles. The molecule has 2 aromatic rings. The number of benzene rings is 2. The maximum absolute atomic E-state index is 12.1. The molecule has 0 fully saturated rings. The fourth-order valence-corrected chi connectivity index (χ4v) is 1.91. The van der Waals surface area contributed by atoms with Crippen molar-refractivity contribution in [2.24, 2.45) is 0 Å². The highest BCUT2D eigenvalue weighted by molar-refractivity contribution is 7.82. The summed E-state index contributed by atoms with van der Waals surface area (Å²) in [5.74, 6) is -0.921. The van der Waals surface area contributed by atoms with Crippen LogP contribution in [0.5, 0.6) is 5.75 Å². The number of hydrogen-bond donors (Lipinski definition) is 2. The van der Waals surface area contributed by atoms with Crippen LogP contribution in [0.2, 0.25) is 0 Å². The molecule has 0 heterocycles. The quantitative estimate of drug-likeness (QED) is 0.823. The van der Waals surface area contributed by atoms with Gasteiger partial charge < -0.3 is 15.4 Å². The predicted octanol–water partition coefficient (Wildman–Crippen LogP) is 3.64. The van der Waals surface area contributed by atoms with Crippen LogP contribution in [-0.2, 0) is 11.3 Å². The van der Waals surface area contributed by atoms with Crippen molar-refractivity contribution in [3.63, 3.8) is 0 Å². The SMILES string of the molecule is O=C(Nc1ccc(OC(F)(F)F)cc1)C(=S)NCc1ccccc1. The van der Waals surface area contributed by atoms with Crippen molar-refractivity contribution < 1.29 is 22.7 Å². The summed E-state index contributed by atoms with van der Waals surface area (Å²) >= 11 is 4.98. The lowest BCUT2D eigenvalue weighted by Gasteiger charge is -2.11. The van der Waals surface area contributed by atoms with Crippen molar-refractivity contribution in [3.05, 3.63) is 60.2 Å². The molecule has 0 spiro atoms. The molecule has 0 aliphatic rings. The largest absolute Gasteiger partial charge is 0.573 e. The Morgan fingerprint density at radius 2 is 1.67 bits per heavy atom. The summed E-state index contributed by atoms with van der Waals surface area (Å²) in [5, 5.41) is 5.30. The zero-order valence-electron chi connectivity index (χ0n) is 12.3. The van der Waals surface area contributed by atoms with Gasteiger partial charge in [-0.2, -0.15) is 0 Å². The van der Waals surface area contributed by atoms with Crippen LogP contribution in [0.3, 0.4) is 0 Å². The van der Waals surface area contributed by atoms with Gasteiger partial charge in [-0.1, -0.05) is 42.5 Å². The smallest absolute Gasteiger partial charge is 0.406 e. The van der Waals surface area contributed by atoms with Crippen LogP contribution in [-0.4, -0.2) is 17.3 Å². The lowest BCUT2D eigenvalue weighted by atomic mass is 10.2. The molecule has 0 aliphatic heterocycles. The van der Waals surface area contributed by atoms with Gasteiger partial charge >= 0.3 is 6.36 Å². The topological polar surface area (TPSA) is 50.4 Å². The summed E-state index contributed by atoms with van der Waals surface area (Å²) in [6.45, 7) is 0.394. The molecule has 0 aromatic heterocycles. The van der Waals surface area contributed by atoms with Crippen LogP contribution in [0.15, 0.2) is 54.6 Å². The van der Waals surface area contributed by atoms with Gasteiger partial charge in [0.15, 0.2) is 4.99 Å². The van der Waals surface area contributed by atoms with Crippen LogP contribution in [0.1, 0.15) is 5.56 Å². The number of carbonyl (C=O) groups is 1. The maximum Gasteiger partial charge on any atom is 0.573 e. The number of thiocarbonyl (C=S) groups is 1. The number of amides is 1. The third-order valence-corrected chi connectivity index (χ3v) is 3.18. The summed E-state index contributed by atoms with van der Waals surface area (Å²) in [6, 6.07) is 14.2. The normalized spacial score (nSPS) is 10.8. The van der Waals surface area contributed by atoms with E-state index in [2.05, 4.69) is 15.4 Å². The second-order valence-electron chi connectivity index (χ2n) is 4.69. The Hall–Kier alpha value is -2.61. The average molecular weight is 354 g/mol. The van der Waals surface area contributed by atoms with Crippen LogP contribution < -0.4 is 15.4 Å². The molecule has 2 N–H and O–H groups in total. The molecular weight excluding hydrogens is 341 g/mol. The number of halogens is 3. The first-order chi connectivity index (χ1) is 11.3. The molecule has 0 atom stereocenters. The zero-order valence-corrected chi connectivity index (χ0v) is 13.1. The molecule has 2 aromatic carbocycles. The maximum atomic E-state index is 12.1. The predicted molar refractivity (Wildman–Crippen MR) is 87.6 cm³/mol. The Bertz CT molecular complexity index is 704. The van der Waals surface area contributed by atoms with Gasteiger partial charge in [0.2, 0.25) is 0 Å². The van der Waals surface area contributed by atoms with Gasteiger partial charge in [0.1, 0.15) is 5.75 Å². The van der Waals surface area contributed by atoms with E-state index >= 15 is 0 Å². The van der Waals surface area contributed by atoms with Crippen molar-refractivity contribution in [3.8, 4) is 5.75 Å². The molecule has 0 saturated heterocycles. The summed E-state index contributed by atoms with van der Waals surface area (Å²) in [4.78, 5) is 11.9. The van der Waals surface area contributed by atoms with Gasteiger partial charge in [0, 0.05) is 12.2 Å². The van der Waals surface area contributed by atoms with E-state index in [-0.39, 0.29) is 10.7 Å². The van der Waals surface area contributed by atoms with E-state index in [9.17, 15) is 18.0 Å². The van der Waals surface area contributed by atoms with Crippen molar-refractivity contribution >= 4 is 28.8 Å². The lowest BCUT2D eigenvalue weighted by molar-refractivity contribution is -0.274. The van der Waals surface area contributed by atoms with Crippen LogP contribution >= 0.6 is 12.2 Å². The Kier molecular flexibility index (Phi) is 5.75. The highest BCUT2D eigenvalue weighted by atomic mass is 32.1. The van der Waals surface area contributed by atoms with Crippen LogP contribution in [0.4, 0.5) is 18.9 Å². The lowest BCUT2D eigenvalue weighted by Crippen LogP contribution is -2.33. The highest BCUT2D eigenvalue weighted by Gasteiger charge is 2.30. The molecule has 0 radical (unpaired) electrons. The number of hydrogen-bond acceptors (Lipinski definition) is 3.